The van der Waals surface area contributed by atoms with Crippen LogP contribution in [0.1, 0.15) is 27.2 Å². The van der Waals surface area contributed by atoms with Crippen LogP contribution in [0.3, 0.4) is 0 Å². The zero-order valence-electron chi connectivity index (χ0n) is 12.2. The number of carbonyl (C=O) groups is 3. The van der Waals surface area contributed by atoms with Crippen LogP contribution in [-0.2, 0) is 9.59 Å². The Bertz CT molecular complexity index is 435. The monoisotopic (exact) mass is 282 g/mol. The summed E-state index contributed by atoms with van der Waals surface area (Å²) in [5.74, 6) is -0.141. The van der Waals surface area contributed by atoms with Crippen molar-refractivity contribution in [3.63, 3.8) is 0 Å². The summed E-state index contributed by atoms with van der Waals surface area (Å²) in [5, 5.41) is 5.44. The summed E-state index contributed by atoms with van der Waals surface area (Å²) < 4.78 is 0. The van der Waals surface area contributed by atoms with E-state index in [1.165, 1.54) is 4.90 Å². The average Bonchev–Trinajstić information content (AvgIpc) is 2.50. The van der Waals surface area contributed by atoms with Crippen LogP contribution in [0.5, 0.6) is 0 Å². The number of amides is 4. The number of imide groups is 1. The summed E-state index contributed by atoms with van der Waals surface area (Å²) in [5.41, 5.74) is -0.272. The van der Waals surface area contributed by atoms with E-state index in [9.17, 15) is 14.4 Å². The van der Waals surface area contributed by atoms with Crippen molar-refractivity contribution in [3.8, 4) is 0 Å². The minimum absolute atomic E-state index is 0.0427. The quantitative estimate of drug-likeness (QED) is 0.686. The van der Waals surface area contributed by atoms with E-state index in [-0.39, 0.29) is 23.4 Å². The molecule has 0 aliphatic carbocycles. The van der Waals surface area contributed by atoms with Gasteiger partial charge in [-0.05, 0) is 20.8 Å². The number of rotatable bonds is 3. The van der Waals surface area contributed by atoms with Crippen molar-refractivity contribution in [2.24, 2.45) is 0 Å². The third kappa shape index (κ3) is 2.92. The highest BCUT2D eigenvalue weighted by Crippen LogP contribution is 2.20. The Morgan fingerprint density at radius 1 is 1.25 bits per heavy atom. The molecular weight excluding hydrogens is 260 g/mol. The van der Waals surface area contributed by atoms with Gasteiger partial charge in [0, 0.05) is 38.1 Å². The fourth-order valence-corrected chi connectivity index (χ4v) is 2.71. The molecule has 0 aromatic carbocycles. The van der Waals surface area contributed by atoms with E-state index in [2.05, 4.69) is 15.5 Å². The molecule has 2 saturated heterocycles. The summed E-state index contributed by atoms with van der Waals surface area (Å²) in [4.78, 5) is 38.5. The van der Waals surface area contributed by atoms with Crippen molar-refractivity contribution in [2.75, 3.05) is 26.2 Å². The van der Waals surface area contributed by atoms with Crippen LogP contribution in [0.4, 0.5) is 4.79 Å². The molecule has 0 aromatic rings. The van der Waals surface area contributed by atoms with Crippen LogP contribution in [0, 0.1) is 0 Å². The second-order valence-electron chi connectivity index (χ2n) is 5.99. The molecular formula is C13H22N4O3. The maximum atomic E-state index is 11.8. The number of nitrogens with one attached hydrogen (secondary N) is 2. The smallest absolute Gasteiger partial charge is 0.324 e. The Labute approximate surface area is 118 Å². The Hall–Kier alpha value is -1.63. The maximum absolute atomic E-state index is 11.8. The van der Waals surface area contributed by atoms with E-state index in [4.69, 9.17) is 0 Å². The van der Waals surface area contributed by atoms with Gasteiger partial charge in [-0.25, -0.2) is 4.79 Å². The van der Waals surface area contributed by atoms with Crippen LogP contribution in [-0.4, -0.2) is 65.4 Å². The molecule has 2 fully saturated rings. The summed E-state index contributed by atoms with van der Waals surface area (Å²) in [6.45, 7) is 7.94. The molecule has 2 heterocycles. The third-order valence-corrected chi connectivity index (χ3v) is 3.97. The molecule has 4 amide bonds. The van der Waals surface area contributed by atoms with Gasteiger partial charge in [0.2, 0.25) is 5.91 Å². The van der Waals surface area contributed by atoms with Gasteiger partial charge in [0.05, 0.1) is 0 Å². The molecule has 1 unspecified atom stereocenters. The Morgan fingerprint density at radius 3 is 2.55 bits per heavy atom. The number of carbonyl (C=O) groups excluding carboxylic acids is 3. The van der Waals surface area contributed by atoms with E-state index >= 15 is 0 Å². The van der Waals surface area contributed by atoms with Crippen LogP contribution in [0.25, 0.3) is 0 Å². The Kier molecular flexibility index (Phi) is 3.99. The molecule has 7 heteroatoms. The average molecular weight is 282 g/mol. The minimum Gasteiger partial charge on any atom is -0.355 e. The van der Waals surface area contributed by atoms with E-state index < -0.39 is 6.04 Å². The molecule has 7 nitrogen and oxygen atoms in total. The van der Waals surface area contributed by atoms with Crippen LogP contribution >= 0.6 is 0 Å². The predicted octanol–water partition coefficient (Wildman–Crippen LogP) is -0.473. The standard InChI is InChI=1S/C13H22N4O3/c1-9-11(19)17(12(20)15-9)7-6-16-5-4-14-10(18)8-13(16,2)3/h9H,4-8H2,1-3H3,(H,14,18)(H,15,20). The van der Waals surface area contributed by atoms with Gasteiger partial charge < -0.3 is 10.6 Å². The van der Waals surface area contributed by atoms with Gasteiger partial charge in [0.15, 0.2) is 0 Å². The molecule has 0 aromatic heterocycles. The lowest BCUT2D eigenvalue weighted by Crippen LogP contribution is -2.49. The Morgan fingerprint density at radius 2 is 1.95 bits per heavy atom. The van der Waals surface area contributed by atoms with Gasteiger partial charge in [-0.1, -0.05) is 0 Å². The fraction of sp³-hybridized carbons (Fsp3) is 0.769. The second kappa shape index (κ2) is 5.40. The molecule has 2 aliphatic rings. The molecule has 2 rings (SSSR count). The SMILES string of the molecule is CC1NC(=O)N(CCN2CCNC(=O)CC2(C)C)C1=O. The lowest BCUT2D eigenvalue weighted by molar-refractivity contribution is -0.127. The molecule has 0 radical (unpaired) electrons. The van der Waals surface area contributed by atoms with Gasteiger partial charge in [-0.3, -0.25) is 19.4 Å². The van der Waals surface area contributed by atoms with Gasteiger partial charge in [0.1, 0.15) is 6.04 Å². The first-order valence-corrected chi connectivity index (χ1v) is 6.95. The highest BCUT2D eigenvalue weighted by molar-refractivity contribution is 6.03. The summed E-state index contributed by atoms with van der Waals surface area (Å²) in [6.07, 6.45) is 0.420. The van der Waals surface area contributed by atoms with Gasteiger partial charge in [-0.2, -0.15) is 0 Å². The van der Waals surface area contributed by atoms with E-state index in [0.717, 1.165) is 6.54 Å². The minimum atomic E-state index is -0.442. The molecule has 0 bridgehead atoms. The number of hydrogen-bond donors (Lipinski definition) is 2. The topological polar surface area (TPSA) is 81.8 Å². The first-order valence-electron chi connectivity index (χ1n) is 6.95. The van der Waals surface area contributed by atoms with Crippen LogP contribution < -0.4 is 10.6 Å². The first-order chi connectivity index (χ1) is 9.31. The van der Waals surface area contributed by atoms with Crippen molar-refractivity contribution >= 4 is 17.8 Å². The number of urea groups is 1. The molecule has 2 aliphatic heterocycles. The van der Waals surface area contributed by atoms with Crippen LogP contribution in [0.15, 0.2) is 0 Å². The zero-order valence-corrected chi connectivity index (χ0v) is 12.2. The molecule has 112 valence electrons. The van der Waals surface area contributed by atoms with Crippen molar-refractivity contribution < 1.29 is 14.4 Å². The zero-order chi connectivity index (χ0) is 14.9. The highest BCUT2D eigenvalue weighted by atomic mass is 16.2. The maximum Gasteiger partial charge on any atom is 0.324 e. The van der Waals surface area contributed by atoms with Crippen molar-refractivity contribution in [1.29, 1.82) is 0 Å². The summed E-state index contributed by atoms with van der Waals surface area (Å²) in [6, 6.07) is -0.771. The van der Waals surface area contributed by atoms with E-state index in [0.29, 0.717) is 26.1 Å². The van der Waals surface area contributed by atoms with Crippen molar-refractivity contribution in [1.82, 2.24) is 20.4 Å². The summed E-state index contributed by atoms with van der Waals surface area (Å²) >= 11 is 0. The predicted molar refractivity (Wildman–Crippen MR) is 73.0 cm³/mol. The third-order valence-electron chi connectivity index (χ3n) is 3.97. The van der Waals surface area contributed by atoms with E-state index in [1.807, 2.05) is 13.8 Å². The first kappa shape index (κ1) is 14.8. The molecule has 20 heavy (non-hydrogen) atoms. The van der Waals surface area contributed by atoms with Gasteiger partial charge in [-0.15, -0.1) is 0 Å². The molecule has 2 N–H and O–H groups in total. The number of hydrogen-bond acceptors (Lipinski definition) is 4. The van der Waals surface area contributed by atoms with Crippen molar-refractivity contribution in [3.05, 3.63) is 0 Å². The molecule has 0 saturated carbocycles. The van der Waals surface area contributed by atoms with Gasteiger partial charge >= 0.3 is 6.03 Å². The lowest BCUT2D eigenvalue weighted by atomic mass is 9.98. The number of nitrogens with zero attached hydrogens (tertiary/aromatic N) is 2. The van der Waals surface area contributed by atoms with Crippen LogP contribution in [0.2, 0.25) is 0 Å². The lowest BCUT2D eigenvalue weighted by Gasteiger charge is -2.36. The summed E-state index contributed by atoms with van der Waals surface area (Å²) in [7, 11) is 0. The largest absolute Gasteiger partial charge is 0.355 e. The van der Waals surface area contributed by atoms with Gasteiger partial charge in [0.25, 0.3) is 5.91 Å². The molecule has 0 spiro atoms. The fourth-order valence-electron chi connectivity index (χ4n) is 2.71. The van der Waals surface area contributed by atoms with E-state index in [1.54, 1.807) is 6.92 Å². The highest BCUT2D eigenvalue weighted by Gasteiger charge is 2.37. The van der Waals surface area contributed by atoms with Crippen molar-refractivity contribution in [2.45, 2.75) is 38.8 Å². The normalized spacial score (nSPS) is 27.2. The Balaban J connectivity index is 1.97. The second-order valence-corrected chi connectivity index (χ2v) is 5.99. The molecule has 1 atom stereocenters.